The van der Waals surface area contributed by atoms with Gasteiger partial charge in [0.25, 0.3) is 0 Å². The summed E-state index contributed by atoms with van der Waals surface area (Å²) >= 11 is 6.38. The number of aldehydes is 1. The monoisotopic (exact) mass is 448 g/mol. The molecule has 0 aliphatic carbocycles. The van der Waals surface area contributed by atoms with Gasteiger partial charge in [0.1, 0.15) is 12.1 Å². The smallest absolute Gasteiger partial charge is 0.225 e. The van der Waals surface area contributed by atoms with E-state index in [2.05, 4.69) is 20.9 Å². The van der Waals surface area contributed by atoms with E-state index in [0.29, 0.717) is 37.5 Å². The Kier molecular flexibility index (Phi) is 9.84. The minimum absolute atomic E-state index is 0.00335. The van der Waals surface area contributed by atoms with Crippen LogP contribution in [0, 0.1) is 13.8 Å². The zero-order valence-electron chi connectivity index (χ0n) is 17.9. The van der Waals surface area contributed by atoms with Crippen LogP contribution in [0.3, 0.4) is 0 Å². The quantitative estimate of drug-likeness (QED) is 0.651. The third-order valence-corrected chi connectivity index (χ3v) is 5.14. The lowest BCUT2D eigenvalue weighted by Crippen LogP contribution is -2.49. The van der Waals surface area contributed by atoms with Crippen LogP contribution in [0.15, 0.2) is 24.5 Å². The minimum Gasteiger partial charge on any atom is -0.396 e. The van der Waals surface area contributed by atoms with E-state index in [9.17, 15) is 9.59 Å². The van der Waals surface area contributed by atoms with Crippen molar-refractivity contribution in [3.63, 3.8) is 0 Å². The Morgan fingerprint density at radius 1 is 1.10 bits per heavy atom. The first-order valence-electron chi connectivity index (χ1n) is 10.2. The zero-order valence-corrected chi connectivity index (χ0v) is 18.7. The van der Waals surface area contributed by atoms with Crippen molar-refractivity contribution >= 4 is 29.6 Å². The molecule has 0 radical (unpaired) electrons. The van der Waals surface area contributed by atoms with Gasteiger partial charge >= 0.3 is 0 Å². The topological polar surface area (TPSA) is 107 Å². The molecule has 3 rings (SSSR count). The van der Waals surface area contributed by atoms with Gasteiger partial charge in [0, 0.05) is 63.6 Å². The summed E-state index contributed by atoms with van der Waals surface area (Å²) in [5.41, 5.74) is 3.91. The van der Waals surface area contributed by atoms with Gasteiger partial charge in [-0.25, -0.2) is 4.98 Å². The highest BCUT2D eigenvalue weighted by Gasteiger charge is 2.22. The van der Waals surface area contributed by atoms with Gasteiger partial charge in [-0.1, -0.05) is 17.7 Å². The molecule has 31 heavy (non-hydrogen) atoms. The van der Waals surface area contributed by atoms with Crippen molar-refractivity contribution in [2.75, 3.05) is 44.3 Å². The molecule has 2 aromatic heterocycles. The zero-order chi connectivity index (χ0) is 22.8. The maximum Gasteiger partial charge on any atom is 0.225 e. The molecule has 8 nitrogen and oxygen atoms in total. The molecule has 0 saturated carbocycles. The highest BCUT2D eigenvalue weighted by molar-refractivity contribution is 6.33. The number of halogens is 1. The normalized spacial score (nSPS) is 13.5. The summed E-state index contributed by atoms with van der Waals surface area (Å²) in [6.07, 6.45) is 4.63. The van der Waals surface area contributed by atoms with E-state index in [-0.39, 0.29) is 32.0 Å². The first-order chi connectivity index (χ1) is 14.9. The maximum absolute atomic E-state index is 11.9. The van der Waals surface area contributed by atoms with Crippen molar-refractivity contribution in [2.24, 2.45) is 0 Å². The number of amides is 1. The van der Waals surface area contributed by atoms with E-state index in [1.165, 1.54) is 0 Å². The van der Waals surface area contributed by atoms with Gasteiger partial charge < -0.3 is 24.8 Å². The molecular formula is C22H29ClN4O4. The largest absolute Gasteiger partial charge is 0.396 e. The van der Waals surface area contributed by atoms with Crippen molar-refractivity contribution in [1.82, 2.24) is 14.9 Å². The SMILES string of the molecule is Cc1cnc(-c2cc(N3CCN(C(=O)CCO)CC3)ncc2Cl)c(C)c1.O=CCCO. The summed E-state index contributed by atoms with van der Waals surface area (Å²) in [7, 11) is 0. The first kappa shape index (κ1) is 24.7. The van der Waals surface area contributed by atoms with Crippen LogP contribution in [0.2, 0.25) is 5.02 Å². The third kappa shape index (κ3) is 6.99. The van der Waals surface area contributed by atoms with Gasteiger partial charge in [0.2, 0.25) is 5.91 Å². The Morgan fingerprint density at radius 3 is 2.35 bits per heavy atom. The lowest BCUT2D eigenvalue weighted by Gasteiger charge is -2.35. The number of carbonyl (C=O) groups is 2. The van der Waals surface area contributed by atoms with Gasteiger partial charge in [0.15, 0.2) is 0 Å². The fraction of sp³-hybridized carbons (Fsp3) is 0.455. The van der Waals surface area contributed by atoms with Gasteiger partial charge in [-0.2, -0.15) is 0 Å². The average molecular weight is 449 g/mol. The molecule has 1 fully saturated rings. The molecule has 9 heteroatoms. The predicted molar refractivity (Wildman–Crippen MR) is 120 cm³/mol. The summed E-state index contributed by atoms with van der Waals surface area (Å²) < 4.78 is 0. The fourth-order valence-corrected chi connectivity index (χ4v) is 3.46. The summed E-state index contributed by atoms with van der Waals surface area (Å²) in [6, 6.07) is 4.06. The van der Waals surface area contributed by atoms with E-state index < -0.39 is 0 Å². The molecule has 1 aliphatic rings. The lowest BCUT2D eigenvalue weighted by atomic mass is 10.1. The molecule has 1 amide bonds. The Balaban J connectivity index is 0.000000614. The van der Waals surface area contributed by atoms with Crippen molar-refractivity contribution in [3.8, 4) is 11.3 Å². The molecule has 1 saturated heterocycles. The van der Waals surface area contributed by atoms with Gasteiger partial charge in [-0.05, 0) is 31.0 Å². The van der Waals surface area contributed by atoms with Crippen LogP contribution in [0.4, 0.5) is 5.82 Å². The van der Waals surface area contributed by atoms with E-state index in [1.807, 2.05) is 26.1 Å². The summed E-state index contributed by atoms with van der Waals surface area (Å²) in [5, 5.41) is 17.3. The Morgan fingerprint density at radius 2 is 1.81 bits per heavy atom. The highest BCUT2D eigenvalue weighted by atomic mass is 35.5. The number of piperazine rings is 1. The number of aromatic nitrogens is 2. The standard InChI is InChI=1S/C19H23ClN4O2.C3H6O2/c1-13-9-14(2)19(22-11-13)15-10-17(21-12-16(15)20)23-4-6-24(7-5-23)18(26)3-8-25;4-2-1-3-5/h9-12,25H,3-8H2,1-2H3;2,5H,1,3H2. The van der Waals surface area contributed by atoms with Crippen molar-refractivity contribution in [1.29, 1.82) is 0 Å². The van der Waals surface area contributed by atoms with Gasteiger partial charge in [-0.15, -0.1) is 0 Å². The number of nitrogens with zero attached hydrogens (tertiary/aromatic N) is 4. The van der Waals surface area contributed by atoms with Gasteiger partial charge in [0.05, 0.1) is 17.3 Å². The molecular weight excluding hydrogens is 420 g/mol. The van der Waals surface area contributed by atoms with Crippen molar-refractivity contribution < 1.29 is 19.8 Å². The van der Waals surface area contributed by atoms with Gasteiger partial charge in [-0.3, -0.25) is 9.78 Å². The van der Waals surface area contributed by atoms with Crippen LogP contribution < -0.4 is 4.90 Å². The molecule has 0 unspecified atom stereocenters. The third-order valence-electron chi connectivity index (χ3n) is 4.84. The number of hydrogen-bond donors (Lipinski definition) is 2. The number of rotatable bonds is 6. The lowest BCUT2D eigenvalue weighted by molar-refractivity contribution is -0.132. The van der Waals surface area contributed by atoms with Crippen molar-refractivity contribution in [2.45, 2.75) is 26.7 Å². The van der Waals surface area contributed by atoms with Crippen LogP contribution >= 0.6 is 11.6 Å². The number of pyridine rings is 2. The Hall–Kier alpha value is -2.55. The molecule has 0 spiro atoms. The molecule has 2 N–H and O–H groups in total. The number of aryl methyl sites for hydroxylation is 2. The van der Waals surface area contributed by atoms with Crippen LogP contribution in [-0.2, 0) is 9.59 Å². The van der Waals surface area contributed by atoms with E-state index >= 15 is 0 Å². The average Bonchev–Trinajstić information content (AvgIpc) is 2.76. The van der Waals surface area contributed by atoms with E-state index in [0.717, 1.165) is 28.2 Å². The summed E-state index contributed by atoms with van der Waals surface area (Å²) in [5.74, 6) is 0.830. The molecule has 2 aromatic rings. The fourth-order valence-electron chi connectivity index (χ4n) is 3.27. The summed E-state index contributed by atoms with van der Waals surface area (Å²) in [4.78, 5) is 34.1. The number of carbonyl (C=O) groups excluding carboxylic acids is 2. The molecule has 0 aromatic carbocycles. The number of hydrogen-bond acceptors (Lipinski definition) is 7. The molecule has 3 heterocycles. The number of aliphatic hydroxyl groups is 2. The second-order valence-electron chi connectivity index (χ2n) is 7.22. The van der Waals surface area contributed by atoms with E-state index in [4.69, 9.17) is 21.8 Å². The molecule has 0 atom stereocenters. The minimum atomic E-state index is -0.107. The molecule has 0 bridgehead atoms. The van der Waals surface area contributed by atoms with Crippen molar-refractivity contribution in [3.05, 3.63) is 40.7 Å². The Bertz CT molecular complexity index is 886. The van der Waals surface area contributed by atoms with Crippen LogP contribution in [0.1, 0.15) is 24.0 Å². The Labute approximate surface area is 187 Å². The van der Waals surface area contributed by atoms with E-state index in [1.54, 1.807) is 11.1 Å². The second-order valence-corrected chi connectivity index (χ2v) is 7.63. The summed E-state index contributed by atoms with van der Waals surface area (Å²) in [6.45, 7) is 6.56. The number of aliphatic hydroxyl groups excluding tert-OH is 2. The maximum atomic E-state index is 11.9. The highest BCUT2D eigenvalue weighted by Crippen LogP contribution is 2.31. The first-order valence-corrected chi connectivity index (χ1v) is 10.6. The van der Waals surface area contributed by atoms with Crippen LogP contribution in [0.25, 0.3) is 11.3 Å². The second kappa shape index (κ2) is 12.3. The predicted octanol–water partition coefficient (Wildman–Crippen LogP) is 2.01. The van der Waals surface area contributed by atoms with Crippen LogP contribution in [0.5, 0.6) is 0 Å². The molecule has 168 valence electrons. The molecule has 1 aliphatic heterocycles. The number of anilines is 1. The van der Waals surface area contributed by atoms with Crippen LogP contribution in [-0.4, -0.2) is 76.7 Å².